The number of aromatic nitrogens is 2. The Morgan fingerprint density at radius 3 is 2.77 bits per heavy atom. The Bertz CT molecular complexity index is 1160. The Hall–Kier alpha value is -3.48. The lowest BCUT2D eigenvalue weighted by molar-refractivity contribution is -0.0465. The van der Waals surface area contributed by atoms with Gasteiger partial charge in [0.15, 0.2) is 11.4 Å². The summed E-state index contributed by atoms with van der Waals surface area (Å²) >= 11 is 0. The van der Waals surface area contributed by atoms with Crippen LogP contribution in [0.2, 0.25) is 0 Å². The number of hydrogen-bond donors (Lipinski definition) is 3. The highest BCUT2D eigenvalue weighted by molar-refractivity contribution is 5.95. The van der Waals surface area contributed by atoms with Crippen LogP contribution in [0.3, 0.4) is 0 Å². The fourth-order valence-corrected chi connectivity index (χ4v) is 3.31. The number of nitrogens with two attached hydrogens (primary N) is 1. The Kier molecular flexibility index (Phi) is 4.49. The zero-order chi connectivity index (χ0) is 21.7. The van der Waals surface area contributed by atoms with E-state index < -0.39 is 28.9 Å². The number of amides is 2. The van der Waals surface area contributed by atoms with Gasteiger partial charge in [-0.1, -0.05) is 11.8 Å². The van der Waals surface area contributed by atoms with Crippen LogP contribution in [0, 0.1) is 23.6 Å². The summed E-state index contributed by atoms with van der Waals surface area (Å²) in [6, 6.07) is 1.27. The van der Waals surface area contributed by atoms with Crippen molar-refractivity contribution in [3.8, 4) is 11.8 Å². The minimum atomic E-state index is -3.49. The number of carbonyl (C=O) groups is 1. The topological polar surface area (TPSA) is 102 Å². The van der Waals surface area contributed by atoms with Crippen LogP contribution in [0.5, 0.6) is 0 Å². The number of nitrogen functional groups attached to an aromatic ring is 1. The highest BCUT2D eigenvalue weighted by Gasteiger charge is 2.55. The van der Waals surface area contributed by atoms with Gasteiger partial charge in [0, 0.05) is 42.0 Å². The van der Waals surface area contributed by atoms with Crippen LogP contribution in [0.1, 0.15) is 30.9 Å². The van der Waals surface area contributed by atoms with Crippen molar-refractivity contribution in [3.05, 3.63) is 51.8 Å². The van der Waals surface area contributed by atoms with Crippen molar-refractivity contribution in [2.45, 2.75) is 37.8 Å². The van der Waals surface area contributed by atoms with E-state index in [1.54, 1.807) is 0 Å². The first kappa shape index (κ1) is 19.8. The zero-order valence-electron chi connectivity index (χ0n) is 15.9. The Morgan fingerprint density at radius 2 is 2.10 bits per heavy atom. The second-order valence-corrected chi connectivity index (χ2v) is 7.50. The van der Waals surface area contributed by atoms with Gasteiger partial charge in [0.1, 0.15) is 5.82 Å². The molecule has 1 unspecified atom stereocenters. The Labute approximate surface area is 169 Å². The molecule has 0 bridgehead atoms. The molecule has 1 saturated carbocycles. The van der Waals surface area contributed by atoms with Crippen LogP contribution in [-0.4, -0.2) is 21.5 Å². The molecule has 30 heavy (non-hydrogen) atoms. The third-order valence-corrected chi connectivity index (χ3v) is 5.12. The van der Waals surface area contributed by atoms with E-state index in [2.05, 4.69) is 27.5 Å². The summed E-state index contributed by atoms with van der Waals surface area (Å²) in [7, 11) is 0. The smallest absolute Gasteiger partial charge is 0.320 e. The maximum atomic E-state index is 14.9. The number of nitrogens with zero attached hydrogens (tertiary/aromatic N) is 2. The number of carbonyl (C=O) groups excluding carboxylic acids is 1. The number of nitrogens with one attached hydrogen (secondary N) is 2. The van der Waals surface area contributed by atoms with Gasteiger partial charge in [-0.2, -0.15) is 0 Å². The molecule has 2 aliphatic rings. The van der Waals surface area contributed by atoms with Gasteiger partial charge in [-0.3, -0.25) is 4.79 Å². The molecule has 1 atom stereocenters. The number of hydrogen-bond acceptors (Lipinski definition) is 4. The minimum Gasteiger partial charge on any atom is -0.379 e. The maximum Gasteiger partial charge on any atom is 0.320 e. The minimum absolute atomic E-state index is 0.00292. The van der Waals surface area contributed by atoms with Gasteiger partial charge in [-0.15, -0.1) is 0 Å². The van der Waals surface area contributed by atoms with Crippen molar-refractivity contribution >= 4 is 17.5 Å². The van der Waals surface area contributed by atoms with Crippen molar-refractivity contribution in [3.63, 3.8) is 0 Å². The molecule has 0 radical (unpaired) electrons. The molecule has 1 aromatic carbocycles. The molecule has 1 aliphatic heterocycles. The molecular formula is C20H18F3N5O2. The molecule has 1 aliphatic carbocycles. The van der Waals surface area contributed by atoms with Crippen LogP contribution in [-0.2, 0) is 12.1 Å². The lowest BCUT2D eigenvalue weighted by atomic mass is 9.81. The number of urea groups is 1. The highest BCUT2D eigenvalue weighted by atomic mass is 19.3. The first-order chi connectivity index (χ1) is 14.1. The molecular weight excluding hydrogens is 399 g/mol. The number of benzene rings is 1. The number of rotatable bonds is 3. The average Bonchev–Trinajstić information content (AvgIpc) is 3.48. The van der Waals surface area contributed by atoms with E-state index in [1.165, 1.54) is 18.5 Å². The van der Waals surface area contributed by atoms with Gasteiger partial charge < -0.3 is 20.9 Å². The molecule has 2 aromatic rings. The zero-order valence-corrected chi connectivity index (χ0v) is 15.9. The molecule has 10 heteroatoms. The van der Waals surface area contributed by atoms with E-state index in [0.717, 1.165) is 23.5 Å². The molecule has 7 nitrogen and oxygen atoms in total. The summed E-state index contributed by atoms with van der Waals surface area (Å²) in [5, 5.41) is 4.63. The van der Waals surface area contributed by atoms with E-state index in [9.17, 15) is 22.8 Å². The fourth-order valence-electron chi connectivity index (χ4n) is 3.31. The Morgan fingerprint density at radius 1 is 1.37 bits per heavy atom. The lowest BCUT2D eigenvalue weighted by Gasteiger charge is -2.40. The number of halogens is 3. The van der Waals surface area contributed by atoms with Gasteiger partial charge in [-0.05, 0) is 25.0 Å². The van der Waals surface area contributed by atoms with Crippen molar-refractivity contribution in [2.24, 2.45) is 5.92 Å². The third kappa shape index (κ3) is 3.36. The molecule has 0 spiro atoms. The summed E-state index contributed by atoms with van der Waals surface area (Å²) in [5.74, 6) is 0.699. The third-order valence-electron chi connectivity index (χ3n) is 5.12. The van der Waals surface area contributed by atoms with Gasteiger partial charge in [0.25, 0.3) is 11.5 Å². The average molecular weight is 417 g/mol. The fraction of sp³-hybridized carbons (Fsp3) is 0.350. The predicted octanol–water partition coefficient (Wildman–Crippen LogP) is 2.41. The first-order valence-corrected chi connectivity index (χ1v) is 9.24. The maximum absolute atomic E-state index is 14.9. The molecule has 4 rings (SSSR count). The molecule has 0 saturated heterocycles. The van der Waals surface area contributed by atoms with Crippen molar-refractivity contribution in [1.29, 1.82) is 0 Å². The monoisotopic (exact) mass is 417 g/mol. The molecule has 156 valence electrons. The number of anilines is 2. The van der Waals surface area contributed by atoms with Gasteiger partial charge in [-0.25, -0.2) is 22.9 Å². The normalized spacial score (nSPS) is 20.5. The van der Waals surface area contributed by atoms with Crippen LogP contribution < -0.4 is 21.9 Å². The molecule has 2 amide bonds. The van der Waals surface area contributed by atoms with Crippen LogP contribution in [0.4, 0.5) is 29.5 Å². The SMILES string of the molecule is CC(F)(F)C1(C#CC2CC2)NC(=O)Nc2cc(Cn3ccnc(N)c3=O)c(F)cc21. The molecule has 2 heterocycles. The van der Waals surface area contributed by atoms with E-state index >= 15 is 0 Å². The summed E-state index contributed by atoms with van der Waals surface area (Å²) in [6.45, 7) is 0.409. The molecule has 1 fully saturated rings. The molecule has 4 N–H and O–H groups in total. The van der Waals surface area contributed by atoms with Crippen molar-refractivity contribution < 1.29 is 18.0 Å². The van der Waals surface area contributed by atoms with Crippen molar-refractivity contribution in [1.82, 2.24) is 14.9 Å². The standard InChI is InChI=1S/C20H18F3N5O2/c1-19(22,23)20(5-4-11-2-3-11)13-9-14(21)12(8-15(13)26-18(30)27-20)10-28-7-6-25-16(24)17(28)29/h6-9,11H,2-3,10H2,1H3,(H2,24,25)(H2,26,27,30). The van der Waals surface area contributed by atoms with Crippen LogP contribution >= 0.6 is 0 Å². The second-order valence-electron chi connectivity index (χ2n) is 7.50. The van der Waals surface area contributed by atoms with E-state index in [0.29, 0.717) is 6.92 Å². The van der Waals surface area contributed by atoms with Crippen molar-refractivity contribution in [2.75, 3.05) is 11.1 Å². The first-order valence-electron chi connectivity index (χ1n) is 9.24. The Balaban J connectivity index is 1.84. The van der Waals surface area contributed by atoms with E-state index in [1.807, 2.05) is 0 Å². The van der Waals surface area contributed by atoms with Crippen LogP contribution in [0.25, 0.3) is 0 Å². The summed E-state index contributed by atoms with van der Waals surface area (Å²) in [6.07, 6.45) is 4.21. The van der Waals surface area contributed by atoms with Gasteiger partial charge in [0.05, 0.1) is 6.54 Å². The highest BCUT2D eigenvalue weighted by Crippen LogP contribution is 2.44. The summed E-state index contributed by atoms with van der Waals surface area (Å²) in [4.78, 5) is 27.9. The molecule has 1 aromatic heterocycles. The van der Waals surface area contributed by atoms with Gasteiger partial charge in [0.2, 0.25) is 0 Å². The lowest BCUT2D eigenvalue weighted by Crippen LogP contribution is -2.59. The summed E-state index contributed by atoms with van der Waals surface area (Å²) in [5.41, 5.74) is 2.32. The summed E-state index contributed by atoms with van der Waals surface area (Å²) < 4.78 is 45.5. The number of alkyl halides is 2. The van der Waals surface area contributed by atoms with E-state index in [-0.39, 0.29) is 35.1 Å². The predicted molar refractivity (Wildman–Crippen MR) is 103 cm³/mol. The van der Waals surface area contributed by atoms with Gasteiger partial charge >= 0.3 is 6.03 Å². The second kappa shape index (κ2) is 6.79. The quantitative estimate of drug-likeness (QED) is 0.668. The van der Waals surface area contributed by atoms with Crippen LogP contribution in [0.15, 0.2) is 29.3 Å². The van der Waals surface area contributed by atoms with E-state index in [4.69, 9.17) is 5.73 Å². The number of fused-ring (bicyclic) bond motifs is 1. The largest absolute Gasteiger partial charge is 0.379 e.